The summed E-state index contributed by atoms with van der Waals surface area (Å²) in [6.07, 6.45) is -0.730. The van der Waals surface area contributed by atoms with E-state index in [1.54, 1.807) is 4.68 Å². The summed E-state index contributed by atoms with van der Waals surface area (Å²) in [6.45, 7) is 10.2. The first-order valence-corrected chi connectivity index (χ1v) is 10.8. The summed E-state index contributed by atoms with van der Waals surface area (Å²) in [5.41, 5.74) is 4.58. The van der Waals surface area contributed by atoms with Crippen LogP contribution in [0.2, 0.25) is 0 Å². The van der Waals surface area contributed by atoms with E-state index in [1.807, 2.05) is 59.6 Å². The molecule has 0 aromatic carbocycles. The highest BCUT2D eigenvalue weighted by molar-refractivity contribution is 5.59. The van der Waals surface area contributed by atoms with Crippen LogP contribution in [0, 0.1) is 13.8 Å². The number of fused-ring (bicyclic) bond motifs is 10. The second-order valence-corrected chi connectivity index (χ2v) is 9.89. The van der Waals surface area contributed by atoms with Crippen LogP contribution in [0.15, 0.2) is 48.8 Å². The van der Waals surface area contributed by atoms with Crippen molar-refractivity contribution in [3.63, 3.8) is 0 Å². The lowest BCUT2D eigenvalue weighted by Gasteiger charge is -2.19. The SMILES string of the molecule is Cc1cc[n+]2c(c1)-c1cc(C(F)(F)F)nn1C21n2nc(C)cc2-c2cc(C(C)(C)C)cc[n+]21. The van der Waals surface area contributed by atoms with Crippen LogP contribution in [0.5, 0.6) is 0 Å². The molecule has 0 N–H and O–H groups in total. The summed E-state index contributed by atoms with van der Waals surface area (Å²) in [7, 11) is 0. The van der Waals surface area contributed by atoms with Crippen molar-refractivity contribution >= 4 is 0 Å². The number of nitrogens with zero attached hydrogens (tertiary/aromatic N) is 6. The van der Waals surface area contributed by atoms with Crippen LogP contribution < -0.4 is 9.13 Å². The third kappa shape index (κ3) is 2.45. The second-order valence-electron chi connectivity index (χ2n) is 9.89. The van der Waals surface area contributed by atoms with Crippen molar-refractivity contribution < 1.29 is 22.3 Å². The van der Waals surface area contributed by atoms with Gasteiger partial charge in [0.15, 0.2) is 23.8 Å². The van der Waals surface area contributed by atoms with Crippen LogP contribution in [-0.2, 0) is 17.5 Å². The number of pyridine rings is 2. The first-order valence-electron chi connectivity index (χ1n) is 10.8. The molecule has 4 aromatic rings. The third-order valence-electron chi connectivity index (χ3n) is 6.50. The van der Waals surface area contributed by atoms with Crippen molar-refractivity contribution in [2.24, 2.45) is 0 Å². The van der Waals surface area contributed by atoms with Gasteiger partial charge in [-0.25, -0.2) is 0 Å². The summed E-state index contributed by atoms with van der Waals surface area (Å²) in [5.74, 6) is -1.27. The van der Waals surface area contributed by atoms with Crippen LogP contribution in [-0.4, -0.2) is 19.6 Å². The molecule has 0 fully saturated rings. The molecule has 6 nitrogen and oxygen atoms in total. The molecule has 168 valence electrons. The number of halogens is 3. The quantitative estimate of drug-likeness (QED) is 0.330. The Hall–Kier alpha value is -3.49. The molecular weight excluding hydrogens is 429 g/mol. The molecule has 2 aliphatic rings. The van der Waals surface area contributed by atoms with Gasteiger partial charge in [0.2, 0.25) is 11.4 Å². The summed E-state index contributed by atoms with van der Waals surface area (Å²) in [5, 5.41) is 8.87. The van der Waals surface area contributed by atoms with Crippen molar-refractivity contribution in [3.05, 3.63) is 71.3 Å². The number of hydrogen-bond acceptors (Lipinski definition) is 2. The number of rotatable bonds is 0. The van der Waals surface area contributed by atoms with Crippen LogP contribution in [0.25, 0.3) is 22.8 Å². The zero-order chi connectivity index (χ0) is 23.5. The fraction of sp³-hybridized carbons (Fsp3) is 0.333. The van der Waals surface area contributed by atoms with Gasteiger partial charge in [-0.1, -0.05) is 29.9 Å². The van der Waals surface area contributed by atoms with Crippen LogP contribution in [0.4, 0.5) is 13.2 Å². The smallest absolute Gasteiger partial charge is 0.164 e. The topological polar surface area (TPSA) is 43.4 Å². The zero-order valence-electron chi connectivity index (χ0n) is 18.9. The van der Waals surface area contributed by atoms with Gasteiger partial charge in [-0.05, 0) is 36.5 Å². The average Bonchev–Trinajstić information content (AvgIpc) is 3.42. The molecule has 6 heterocycles. The number of aromatic nitrogens is 6. The Morgan fingerprint density at radius 2 is 1.42 bits per heavy atom. The van der Waals surface area contributed by atoms with Crippen LogP contribution >= 0.6 is 0 Å². The lowest BCUT2D eigenvalue weighted by molar-refractivity contribution is -0.990. The van der Waals surface area contributed by atoms with Gasteiger partial charge in [0.05, 0.1) is 5.69 Å². The highest BCUT2D eigenvalue weighted by Gasteiger charge is 2.70. The first kappa shape index (κ1) is 20.1. The molecular formula is C24H23F3N6+2. The Kier molecular flexibility index (Phi) is 3.60. The van der Waals surface area contributed by atoms with E-state index in [4.69, 9.17) is 5.10 Å². The van der Waals surface area contributed by atoms with E-state index in [0.717, 1.165) is 34.3 Å². The van der Waals surface area contributed by atoms with Crippen molar-refractivity contribution in [1.29, 1.82) is 0 Å². The molecule has 0 radical (unpaired) electrons. The Balaban J connectivity index is 1.77. The minimum atomic E-state index is -4.56. The van der Waals surface area contributed by atoms with Crippen molar-refractivity contribution in [2.45, 2.75) is 52.1 Å². The van der Waals surface area contributed by atoms with E-state index in [9.17, 15) is 13.2 Å². The molecule has 1 atom stereocenters. The third-order valence-corrected chi connectivity index (χ3v) is 6.50. The Labute approximate surface area is 188 Å². The van der Waals surface area contributed by atoms with Crippen LogP contribution in [0.3, 0.4) is 0 Å². The maximum Gasteiger partial charge on any atom is 0.583 e. The lowest BCUT2D eigenvalue weighted by Crippen LogP contribution is -2.77. The van der Waals surface area contributed by atoms with Gasteiger partial charge in [-0.2, -0.15) is 23.4 Å². The summed E-state index contributed by atoms with van der Waals surface area (Å²) < 4.78 is 48.4. The van der Waals surface area contributed by atoms with Gasteiger partial charge in [0, 0.05) is 30.3 Å². The molecule has 2 aliphatic heterocycles. The van der Waals surface area contributed by atoms with Gasteiger partial charge < -0.3 is 0 Å². The molecule has 1 unspecified atom stereocenters. The standard InChI is InChI=1S/C24H23F3N6/c1-14-6-8-30-17(10-14)20-13-21(23(25,26)27)29-33(20)24(30)31-9-7-16(22(3,4)5)12-18(31)19-11-15(2)28-32(19)24/h6-13H,1-5H3/q+2. The lowest BCUT2D eigenvalue weighted by atomic mass is 9.87. The molecule has 4 aromatic heterocycles. The van der Waals surface area contributed by atoms with E-state index in [0.29, 0.717) is 11.4 Å². The molecule has 0 amide bonds. The van der Waals surface area contributed by atoms with Gasteiger partial charge in [0.1, 0.15) is 5.69 Å². The number of aryl methyl sites for hydroxylation is 2. The first-order chi connectivity index (χ1) is 15.4. The van der Waals surface area contributed by atoms with Gasteiger partial charge in [0.25, 0.3) is 0 Å². The van der Waals surface area contributed by atoms with E-state index < -0.39 is 17.8 Å². The molecule has 0 bridgehead atoms. The van der Waals surface area contributed by atoms with E-state index in [1.165, 1.54) is 4.68 Å². The normalized spacial score (nSPS) is 18.4. The van der Waals surface area contributed by atoms with Gasteiger partial charge in [-0.15, -0.1) is 9.36 Å². The fourth-order valence-electron chi connectivity index (χ4n) is 4.95. The molecule has 33 heavy (non-hydrogen) atoms. The zero-order valence-corrected chi connectivity index (χ0v) is 18.9. The molecule has 6 rings (SSSR count). The molecule has 9 heteroatoms. The Morgan fingerprint density at radius 1 is 0.818 bits per heavy atom. The van der Waals surface area contributed by atoms with Gasteiger partial charge in [-0.3, -0.25) is 0 Å². The minimum absolute atomic E-state index is 0.0939. The number of hydrogen-bond donors (Lipinski definition) is 0. The minimum Gasteiger partial charge on any atom is -0.164 e. The monoisotopic (exact) mass is 452 g/mol. The van der Waals surface area contributed by atoms with E-state index >= 15 is 0 Å². The number of alkyl halides is 3. The predicted octanol–water partition coefficient (Wildman–Crippen LogP) is 3.76. The highest BCUT2D eigenvalue weighted by Crippen LogP contribution is 2.41. The summed E-state index contributed by atoms with van der Waals surface area (Å²) in [6, 6.07) is 11.0. The van der Waals surface area contributed by atoms with E-state index in [2.05, 4.69) is 31.9 Å². The van der Waals surface area contributed by atoms with Crippen LogP contribution in [0.1, 0.15) is 43.3 Å². The predicted molar refractivity (Wildman–Crippen MR) is 113 cm³/mol. The van der Waals surface area contributed by atoms with Gasteiger partial charge >= 0.3 is 12.1 Å². The summed E-state index contributed by atoms with van der Waals surface area (Å²) >= 11 is 0. The summed E-state index contributed by atoms with van der Waals surface area (Å²) in [4.78, 5) is 0. The maximum atomic E-state index is 13.7. The Morgan fingerprint density at radius 3 is 2.09 bits per heavy atom. The Bertz CT molecular complexity index is 1470. The molecule has 0 aliphatic carbocycles. The van der Waals surface area contributed by atoms with Crippen molar-refractivity contribution in [3.8, 4) is 22.8 Å². The fourth-order valence-corrected chi connectivity index (χ4v) is 4.95. The molecule has 1 spiro atoms. The maximum absolute atomic E-state index is 13.7. The average molecular weight is 452 g/mol. The largest absolute Gasteiger partial charge is 0.583 e. The second kappa shape index (κ2) is 5.89. The van der Waals surface area contributed by atoms with Crippen molar-refractivity contribution in [2.75, 3.05) is 0 Å². The molecule has 0 saturated heterocycles. The van der Waals surface area contributed by atoms with Crippen molar-refractivity contribution in [1.82, 2.24) is 19.6 Å². The van der Waals surface area contributed by atoms with E-state index in [-0.39, 0.29) is 5.41 Å². The highest BCUT2D eigenvalue weighted by atomic mass is 19.4. The molecule has 0 saturated carbocycles.